The lowest BCUT2D eigenvalue weighted by molar-refractivity contribution is -0.135. The standard InChI is InChI=1S/C20H18N4O3/c25-18(15-6-2-1-3-7-15)12-20(27)16-8-4-5-9-17(16)24(19(20)26)11-10-23-14-21-13-22-23/h1-9,13-14,27H,10-12H2. The van der Waals surface area contributed by atoms with Gasteiger partial charge in [0.2, 0.25) is 0 Å². The van der Waals surface area contributed by atoms with Crippen LogP contribution in [0.3, 0.4) is 0 Å². The summed E-state index contributed by atoms with van der Waals surface area (Å²) in [4.78, 5) is 31.1. The maximum Gasteiger partial charge on any atom is 0.264 e. The number of Topliss-reactive ketones (excluding diaryl/α,β-unsaturated/α-hetero) is 1. The number of para-hydroxylation sites is 1. The van der Waals surface area contributed by atoms with Crippen LogP contribution >= 0.6 is 0 Å². The number of hydrogen-bond acceptors (Lipinski definition) is 5. The third kappa shape index (κ3) is 3.02. The smallest absolute Gasteiger partial charge is 0.264 e. The number of hydrogen-bond donors (Lipinski definition) is 1. The number of carbonyl (C=O) groups excluding carboxylic acids is 2. The highest BCUT2D eigenvalue weighted by atomic mass is 16.3. The molecule has 1 aliphatic rings. The fourth-order valence-corrected chi connectivity index (χ4v) is 3.41. The van der Waals surface area contributed by atoms with E-state index in [0.717, 1.165) is 0 Å². The number of carbonyl (C=O) groups is 2. The second kappa shape index (κ2) is 6.77. The number of rotatable bonds is 6. The van der Waals surface area contributed by atoms with Crippen LogP contribution in [0.1, 0.15) is 22.3 Å². The Kier molecular flexibility index (Phi) is 4.29. The Labute approximate surface area is 155 Å². The second-order valence-electron chi connectivity index (χ2n) is 6.46. The van der Waals surface area contributed by atoms with E-state index >= 15 is 0 Å². The highest BCUT2D eigenvalue weighted by Crippen LogP contribution is 2.42. The Balaban J connectivity index is 1.62. The third-order valence-electron chi connectivity index (χ3n) is 4.77. The molecule has 7 nitrogen and oxygen atoms in total. The van der Waals surface area contributed by atoms with Gasteiger partial charge >= 0.3 is 0 Å². The van der Waals surface area contributed by atoms with Crippen LogP contribution in [0.5, 0.6) is 0 Å². The van der Waals surface area contributed by atoms with E-state index in [-0.39, 0.29) is 12.2 Å². The number of aromatic nitrogens is 3. The summed E-state index contributed by atoms with van der Waals surface area (Å²) in [5, 5.41) is 15.3. The minimum absolute atomic E-state index is 0.278. The van der Waals surface area contributed by atoms with E-state index in [9.17, 15) is 14.7 Å². The van der Waals surface area contributed by atoms with Crippen molar-refractivity contribution < 1.29 is 14.7 Å². The molecule has 0 saturated heterocycles. The van der Waals surface area contributed by atoms with Gasteiger partial charge in [0.05, 0.1) is 18.7 Å². The van der Waals surface area contributed by atoms with Crippen molar-refractivity contribution in [2.75, 3.05) is 11.4 Å². The molecule has 1 amide bonds. The second-order valence-corrected chi connectivity index (χ2v) is 6.46. The summed E-state index contributed by atoms with van der Waals surface area (Å²) < 4.78 is 1.61. The molecule has 1 aliphatic heterocycles. The third-order valence-corrected chi connectivity index (χ3v) is 4.77. The zero-order valence-corrected chi connectivity index (χ0v) is 14.5. The van der Waals surface area contributed by atoms with Crippen molar-refractivity contribution in [3.63, 3.8) is 0 Å². The fraction of sp³-hybridized carbons (Fsp3) is 0.200. The molecule has 0 bridgehead atoms. The van der Waals surface area contributed by atoms with Gasteiger partial charge in [-0.1, -0.05) is 48.5 Å². The molecule has 1 N–H and O–H groups in total. The zero-order valence-electron chi connectivity index (χ0n) is 14.5. The molecule has 2 aromatic carbocycles. The molecule has 3 aromatic rings. The van der Waals surface area contributed by atoms with Crippen molar-refractivity contribution >= 4 is 17.4 Å². The number of ketones is 1. The van der Waals surface area contributed by atoms with Crippen LogP contribution in [0.15, 0.2) is 67.3 Å². The maximum atomic E-state index is 13.1. The van der Waals surface area contributed by atoms with Gasteiger partial charge in [-0.15, -0.1) is 0 Å². The summed E-state index contributed by atoms with van der Waals surface area (Å²) >= 11 is 0. The first-order chi connectivity index (χ1) is 13.1. The average molecular weight is 362 g/mol. The maximum absolute atomic E-state index is 13.1. The lowest BCUT2D eigenvalue weighted by atomic mass is 9.88. The Morgan fingerprint density at radius 3 is 2.52 bits per heavy atom. The van der Waals surface area contributed by atoms with Crippen LogP contribution in [0.4, 0.5) is 5.69 Å². The molecule has 0 fully saturated rings. The summed E-state index contributed by atoms with van der Waals surface area (Å²) in [6.45, 7) is 0.754. The molecule has 0 spiro atoms. The molecule has 4 rings (SSSR count). The van der Waals surface area contributed by atoms with Gasteiger partial charge in [-0.25, -0.2) is 4.98 Å². The summed E-state index contributed by atoms with van der Waals surface area (Å²) in [5.74, 6) is -0.771. The molecule has 1 atom stereocenters. The molecule has 0 saturated carbocycles. The summed E-state index contributed by atoms with van der Waals surface area (Å²) in [7, 11) is 0. The predicted octanol–water partition coefficient (Wildman–Crippen LogP) is 1.79. The quantitative estimate of drug-likeness (QED) is 0.676. The van der Waals surface area contributed by atoms with E-state index in [0.29, 0.717) is 29.9 Å². The van der Waals surface area contributed by atoms with Crippen LogP contribution in [0, 0.1) is 0 Å². The predicted molar refractivity (Wildman–Crippen MR) is 98.1 cm³/mol. The van der Waals surface area contributed by atoms with Crippen molar-refractivity contribution in [2.24, 2.45) is 0 Å². The summed E-state index contributed by atoms with van der Waals surface area (Å²) in [6.07, 6.45) is 2.69. The molecule has 0 radical (unpaired) electrons. The molecule has 7 heteroatoms. The normalized spacial score (nSPS) is 18.6. The topological polar surface area (TPSA) is 88.3 Å². The molecule has 0 aliphatic carbocycles. The minimum atomic E-state index is -1.87. The van der Waals surface area contributed by atoms with Crippen LogP contribution in [-0.2, 0) is 16.9 Å². The first-order valence-electron chi connectivity index (χ1n) is 8.64. The van der Waals surface area contributed by atoms with E-state index in [1.165, 1.54) is 11.2 Å². The Hall–Kier alpha value is -3.32. The Bertz CT molecular complexity index is 972. The fourth-order valence-electron chi connectivity index (χ4n) is 3.41. The van der Waals surface area contributed by atoms with Crippen LogP contribution < -0.4 is 4.90 Å². The average Bonchev–Trinajstić information content (AvgIpc) is 3.28. The van der Waals surface area contributed by atoms with E-state index in [1.807, 2.05) is 6.07 Å². The molecule has 136 valence electrons. The Morgan fingerprint density at radius 2 is 1.78 bits per heavy atom. The number of benzene rings is 2. The van der Waals surface area contributed by atoms with Gasteiger partial charge in [-0.3, -0.25) is 14.3 Å². The summed E-state index contributed by atoms with van der Waals surface area (Å²) in [5.41, 5.74) is -0.326. The van der Waals surface area contributed by atoms with Crippen molar-refractivity contribution in [3.05, 3.63) is 78.4 Å². The number of amides is 1. The molecule has 27 heavy (non-hydrogen) atoms. The lowest BCUT2D eigenvalue weighted by Crippen LogP contribution is -2.43. The molecule has 2 heterocycles. The number of fused-ring (bicyclic) bond motifs is 1. The van der Waals surface area contributed by atoms with Crippen molar-refractivity contribution in [1.29, 1.82) is 0 Å². The molecule has 1 aromatic heterocycles. The first kappa shape index (κ1) is 17.1. The molecule has 1 unspecified atom stereocenters. The van der Waals surface area contributed by atoms with Gasteiger partial charge in [0.25, 0.3) is 5.91 Å². The van der Waals surface area contributed by atoms with Gasteiger partial charge in [-0.05, 0) is 6.07 Å². The SMILES string of the molecule is O=C(CC1(O)C(=O)N(CCn2cncn2)c2ccccc21)c1ccccc1. The largest absolute Gasteiger partial charge is 0.375 e. The van der Waals surface area contributed by atoms with Gasteiger partial charge in [0, 0.05) is 17.7 Å². The van der Waals surface area contributed by atoms with Gasteiger partial charge in [0.1, 0.15) is 12.7 Å². The van der Waals surface area contributed by atoms with Crippen LogP contribution in [0.25, 0.3) is 0 Å². The van der Waals surface area contributed by atoms with E-state index < -0.39 is 11.5 Å². The van der Waals surface area contributed by atoms with Crippen LogP contribution in [0.2, 0.25) is 0 Å². The minimum Gasteiger partial charge on any atom is -0.375 e. The lowest BCUT2D eigenvalue weighted by Gasteiger charge is -2.22. The number of anilines is 1. The molecular formula is C20H18N4O3. The van der Waals surface area contributed by atoms with Gasteiger partial charge < -0.3 is 10.0 Å². The highest BCUT2D eigenvalue weighted by Gasteiger charge is 2.50. The van der Waals surface area contributed by atoms with Crippen molar-refractivity contribution in [2.45, 2.75) is 18.6 Å². The van der Waals surface area contributed by atoms with Crippen molar-refractivity contribution in [3.8, 4) is 0 Å². The van der Waals surface area contributed by atoms with E-state index in [4.69, 9.17) is 0 Å². The van der Waals surface area contributed by atoms with Crippen molar-refractivity contribution in [1.82, 2.24) is 14.8 Å². The van der Waals surface area contributed by atoms with E-state index in [1.54, 1.807) is 59.5 Å². The van der Waals surface area contributed by atoms with Crippen LogP contribution in [-0.4, -0.2) is 38.1 Å². The highest BCUT2D eigenvalue weighted by molar-refractivity contribution is 6.10. The number of nitrogens with zero attached hydrogens (tertiary/aromatic N) is 4. The van der Waals surface area contributed by atoms with E-state index in [2.05, 4.69) is 10.1 Å². The zero-order chi connectivity index (χ0) is 18.9. The summed E-state index contributed by atoms with van der Waals surface area (Å²) in [6, 6.07) is 15.7. The molecular weight excluding hydrogens is 344 g/mol. The monoisotopic (exact) mass is 362 g/mol. The number of aliphatic hydroxyl groups is 1. The van der Waals surface area contributed by atoms with Gasteiger partial charge in [0.15, 0.2) is 11.4 Å². The van der Waals surface area contributed by atoms with Gasteiger partial charge in [-0.2, -0.15) is 5.10 Å². The first-order valence-corrected chi connectivity index (χ1v) is 8.64. The Morgan fingerprint density at radius 1 is 1.04 bits per heavy atom.